The number of carbonyl (C=O) groups excluding carboxylic acids is 2. The van der Waals surface area contributed by atoms with Crippen molar-refractivity contribution >= 4 is 38.4 Å². The maximum Gasteiger partial charge on any atom is 0.272 e. The highest BCUT2D eigenvalue weighted by atomic mass is 32.2. The van der Waals surface area contributed by atoms with Gasteiger partial charge in [-0.25, -0.2) is 8.42 Å². The number of ketones is 1. The van der Waals surface area contributed by atoms with Crippen molar-refractivity contribution in [1.29, 1.82) is 0 Å². The van der Waals surface area contributed by atoms with Gasteiger partial charge in [-0.2, -0.15) is 4.31 Å². The van der Waals surface area contributed by atoms with Crippen molar-refractivity contribution in [3.8, 4) is 0 Å². The van der Waals surface area contributed by atoms with E-state index < -0.39 is 15.9 Å². The van der Waals surface area contributed by atoms with Gasteiger partial charge in [-0.15, -0.1) is 0 Å². The van der Waals surface area contributed by atoms with Crippen molar-refractivity contribution in [2.45, 2.75) is 25.7 Å². The Labute approximate surface area is 186 Å². The van der Waals surface area contributed by atoms with Crippen LogP contribution in [0, 0.1) is 13.8 Å². The SMILES string of the molecule is CC(=O)c1c(C)oc2ccc(N(C(=O)c3ccccc3)S(=O)(=O)c3ccc(C)cc3)cc12. The second-order valence-corrected chi connectivity index (χ2v) is 9.31. The second-order valence-electron chi connectivity index (χ2n) is 7.52. The highest BCUT2D eigenvalue weighted by Crippen LogP contribution is 2.33. The van der Waals surface area contributed by atoms with Gasteiger partial charge < -0.3 is 4.42 Å². The summed E-state index contributed by atoms with van der Waals surface area (Å²) in [5, 5.41) is 0.456. The Kier molecular flexibility index (Phi) is 5.44. The fraction of sp³-hybridized carbons (Fsp3) is 0.120. The molecule has 0 radical (unpaired) electrons. The molecule has 0 aliphatic rings. The molecule has 0 aliphatic carbocycles. The first-order valence-electron chi connectivity index (χ1n) is 9.95. The zero-order valence-corrected chi connectivity index (χ0v) is 18.6. The lowest BCUT2D eigenvalue weighted by Crippen LogP contribution is -2.37. The molecular formula is C25H21NO5S. The Morgan fingerprint density at radius 1 is 0.875 bits per heavy atom. The summed E-state index contributed by atoms with van der Waals surface area (Å²) in [6, 6.07) is 19.1. The smallest absolute Gasteiger partial charge is 0.272 e. The molecular weight excluding hydrogens is 426 g/mol. The van der Waals surface area contributed by atoms with Crippen molar-refractivity contribution in [1.82, 2.24) is 0 Å². The molecule has 162 valence electrons. The van der Waals surface area contributed by atoms with Gasteiger partial charge in [-0.1, -0.05) is 35.9 Å². The number of furan rings is 1. The van der Waals surface area contributed by atoms with Crippen molar-refractivity contribution in [3.05, 3.63) is 95.2 Å². The number of sulfonamides is 1. The molecule has 1 amide bonds. The number of amides is 1. The number of hydrogen-bond acceptors (Lipinski definition) is 5. The van der Waals surface area contributed by atoms with Gasteiger partial charge in [0.2, 0.25) is 0 Å². The van der Waals surface area contributed by atoms with Crippen LogP contribution < -0.4 is 4.31 Å². The largest absolute Gasteiger partial charge is 0.461 e. The van der Waals surface area contributed by atoms with Crippen LogP contribution in [0.4, 0.5) is 5.69 Å². The summed E-state index contributed by atoms with van der Waals surface area (Å²) in [6.45, 7) is 4.94. The average Bonchev–Trinajstić information content (AvgIpc) is 3.10. The summed E-state index contributed by atoms with van der Waals surface area (Å²) in [7, 11) is -4.24. The van der Waals surface area contributed by atoms with Gasteiger partial charge in [0.25, 0.3) is 15.9 Å². The summed E-state index contributed by atoms with van der Waals surface area (Å²) in [6.07, 6.45) is 0. The van der Waals surface area contributed by atoms with Crippen LogP contribution >= 0.6 is 0 Å². The minimum absolute atomic E-state index is 0.0114. The summed E-state index contributed by atoms with van der Waals surface area (Å²) in [5.41, 5.74) is 2.04. The standard InChI is InChI=1S/C25H21NO5S/c1-16-9-12-21(13-10-16)32(29,30)26(25(28)19-7-5-4-6-8-19)20-11-14-23-22(15-20)24(17(2)27)18(3)31-23/h4-15H,1-3H3. The van der Waals surface area contributed by atoms with E-state index in [-0.39, 0.29) is 21.9 Å². The van der Waals surface area contributed by atoms with Crippen LogP contribution in [0.1, 0.15) is 39.0 Å². The van der Waals surface area contributed by atoms with Crippen molar-refractivity contribution in [3.63, 3.8) is 0 Å². The monoisotopic (exact) mass is 447 g/mol. The van der Waals surface area contributed by atoms with E-state index in [1.807, 2.05) is 6.92 Å². The molecule has 3 aromatic carbocycles. The summed E-state index contributed by atoms with van der Waals surface area (Å²) in [4.78, 5) is 25.6. The van der Waals surface area contributed by atoms with Crippen LogP contribution in [0.5, 0.6) is 0 Å². The molecule has 0 atom stereocenters. The highest BCUT2D eigenvalue weighted by Gasteiger charge is 2.32. The minimum Gasteiger partial charge on any atom is -0.461 e. The average molecular weight is 448 g/mol. The number of anilines is 1. The zero-order valence-electron chi connectivity index (χ0n) is 17.8. The van der Waals surface area contributed by atoms with Crippen LogP contribution in [0.3, 0.4) is 0 Å². The Morgan fingerprint density at radius 2 is 1.53 bits per heavy atom. The highest BCUT2D eigenvalue weighted by molar-refractivity contribution is 7.93. The second kappa shape index (κ2) is 8.09. The van der Waals surface area contributed by atoms with Crippen molar-refractivity contribution in [2.24, 2.45) is 0 Å². The normalized spacial score (nSPS) is 11.5. The number of benzene rings is 3. The van der Waals surface area contributed by atoms with Gasteiger partial charge in [0, 0.05) is 10.9 Å². The summed E-state index contributed by atoms with van der Waals surface area (Å²) >= 11 is 0. The Morgan fingerprint density at radius 3 is 2.16 bits per heavy atom. The van der Waals surface area contributed by atoms with E-state index in [1.54, 1.807) is 55.5 Å². The molecule has 0 saturated heterocycles. The Hall–Kier alpha value is -3.71. The lowest BCUT2D eigenvalue weighted by molar-refractivity contribution is 0.1000. The van der Waals surface area contributed by atoms with Crippen molar-refractivity contribution in [2.75, 3.05) is 4.31 Å². The van der Waals surface area contributed by atoms with E-state index in [9.17, 15) is 18.0 Å². The van der Waals surface area contributed by atoms with E-state index >= 15 is 0 Å². The first-order valence-corrected chi connectivity index (χ1v) is 11.4. The number of carbonyl (C=O) groups is 2. The molecule has 7 heteroatoms. The van der Waals surface area contributed by atoms with Gasteiger partial charge in [-0.3, -0.25) is 9.59 Å². The van der Waals surface area contributed by atoms with Gasteiger partial charge in [0.05, 0.1) is 16.1 Å². The van der Waals surface area contributed by atoms with E-state index in [2.05, 4.69) is 0 Å². The fourth-order valence-corrected chi connectivity index (χ4v) is 5.06. The maximum absolute atomic E-state index is 13.6. The zero-order chi connectivity index (χ0) is 23.0. The fourth-order valence-electron chi connectivity index (χ4n) is 3.65. The molecule has 32 heavy (non-hydrogen) atoms. The van der Waals surface area contributed by atoms with Crippen LogP contribution in [0.15, 0.2) is 82.1 Å². The first kappa shape index (κ1) is 21.5. The molecule has 4 rings (SSSR count). The number of Topliss-reactive ketones (excluding diaryl/α,β-unsaturated/α-hetero) is 1. The van der Waals surface area contributed by atoms with Gasteiger partial charge in [-0.05, 0) is 63.2 Å². The van der Waals surface area contributed by atoms with E-state index in [1.165, 1.54) is 31.2 Å². The third kappa shape index (κ3) is 3.71. The molecule has 0 bridgehead atoms. The molecule has 6 nitrogen and oxygen atoms in total. The number of rotatable bonds is 5. The number of fused-ring (bicyclic) bond motifs is 1. The predicted molar refractivity (Wildman–Crippen MR) is 123 cm³/mol. The molecule has 0 unspecified atom stereocenters. The molecule has 0 N–H and O–H groups in total. The minimum atomic E-state index is -4.24. The molecule has 0 aliphatic heterocycles. The molecule has 0 spiro atoms. The van der Waals surface area contributed by atoms with E-state index in [0.29, 0.717) is 22.3 Å². The van der Waals surface area contributed by atoms with Crippen LogP contribution in [0.2, 0.25) is 0 Å². The Bertz CT molecular complexity index is 1440. The topological polar surface area (TPSA) is 84.7 Å². The van der Waals surface area contributed by atoms with Gasteiger partial charge >= 0.3 is 0 Å². The van der Waals surface area contributed by atoms with Gasteiger partial charge in [0.1, 0.15) is 11.3 Å². The maximum atomic E-state index is 13.6. The predicted octanol–water partition coefficient (Wildman–Crippen LogP) is 5.29. The number of nitrogens with zero attached hydrogens (tertiary/aromatic N) is 1. The third-order valence-electron chi connectivity index (χ3n) is 5.20. The van der Waals surface area contributed by atoms with E-state index in [4.69, 9.17) is 4.42 Å². The van der Waals surface area contributed by atoms with Crippen LogP contribution in [-0.4, -0.2) is 20.1 Å². The molecule has 4 aromatic rings. The summed E-state index contributed by atoms with van der Waals surface area (Å²) in [5.74, 6) is -0.470. The van der Waals surface area contributed by atoms with Crippen LogP contribution in [-0.2, 0) is 10.0 Å². The summed E-state index contributed by atoms with van der Waals surface area (Å²) < 4.78 is 33.7. The molecule has 0 saturated carbocycles. The van der Waals surface area contributed by atoms with E-state index in [0.717, 1.165) is 9.87 Å². The Balaban J connectivity index is 1.96. The quantitative estimate of drug-likeness (QED) is 0.388. The van der Waals surface area contributed by atoms with Crippen molar-refractivity contribution < 1.29 is 22.4 Å². The first-order chi connectivity index (χ1) is 15.2. The lowest BCUT2D eigenvalue weighted by Gasteiger charge is -2.23. The molecule has 0 fully saturated rings. The van der Waals surface area contributed by atoms with Gasteiger partial charge in [0.15, 0.2) is 5.78 Å². The van der Waals surface area contributed by atoms with Crippen LogP contribution in [0.25, 0.3) is 11.0 Å². The third-order valence-corrected chi connectivity index (χ3v) is 6.92. The lowest BCUT2D eigenvalue weighted by atomic mass is 10.1. The molecule has 1 aromatic heterocycles. The molecule has 1 heterocycles. The number of aryl methyl sites for hydroxylation is 2. The number of hydrogen-bond donors (Lipinski definition) is 0.